The van der Waals surface area contributed by atoms with Crippen LogP contribution < -0.4 is 9.62 Å². The molecule has 1 atom stereocenters. The molecular formula is C24H26N2O3S. The van der Waals surface area contributed by atoms with Gasteiger partial charge in [0.1, 0.15) is 6.54 Å². The summed E-state index contributed by atoms with van der Waals surface area (Å²) in [5.41, 5.74) is 3.26. The van der Waals surface area contributed by atoms with Gasteiger partial charge in [-0.15, -0.1) is 0 Å². The third-order valence-corrected chi connectivity index (χ3v) is 6.69. The molecule has 5 nitrogen and oxygen atoms in total. The van der Waals surface area contributed by atoms with Gasteiger partial charge in [0.25, 0.3) is 10.0 Å². The second kappa shape index (κ2) is 9.13. The average Bonchev–Trinajstić information content (AvgIpc) is 2.73. The Kier molecular flexibility index (Phi) is 6.57. The fourth-order valence-electron chi connectivity index (χ4n) is 3.35. The minimum absolute atomic E-state index is 0.147. The van der Waals surface area contributed by atoms with Crippen LogP contribution in [0.15, 0.2) is 83.8 Å². The predicted octanol–water partition coefficient (Wildman–Crippen LogP) is 4.38. The third-order valence-electron chi connectivity index (χ3n) is 4.92. The van der Waals surface area contributed by atoms with E-state index in [0.717, 1.165) is 16.7 Å². The zero-order chi connectivity index (χ0) is 21.7. The lowest BCUT2D eigenvalue weighted by molar-refractivity contribution is -0.120. The van der Waals surface area contributed by atoms with Gasteiger partial charge in [0.2, 0.25) is 5.91 Å². The van der Waals surface area contributed by atoms with Crippen LogP contribution in [0.3, 0.4) is 0 Å². The molecule has 1 N–H and O–H groups in total. The zero-order valence-electron chi connectivity index (χ0n) is 17.4. The van der Waals surface area contributed by atoms with E-state index in [2.05, 4.69) is 5.32 Å². The molecule has 0 aliphatic carbocycles. The number of carbonyl (C=O) groups excluding carboxylic acids is 1. The highest BCUT2D eigenvalue weighted by molar-refractivity contribution is 7.92. The number of anilines is 1. The monoisotopic (exact) mass is 422 g/mol. The minimum atomic E-state index is -3.91. The van der Waals surface area contributed by atoms with Crippen molar-refractivity contribution in [1.29, 1.82) is 0 Å². The van der Waals surface area contributed by atoms with Crippen molar-refractivity contribution >= 4 is 21.6 Å². The van der Waals surface area contributed by atoms with E-state index < -0.39 is 10.0 Å². The van der Waals surface area contributed by atoms with Crippen molar-refractivity contribution in [3.8, 4) is 0 Å². The first-order valence-electron chi connectivity index (χ1n) is 9.78. The summed E-state index contributed by atoms with van der Waals surface area (Å²) in [5.74, 6) is -0.370. The smallest absolute Gasteiger partial charge is 0.264 e. The zero-order valence-corrected chi connectivity index (χ0v) is 18.2. The van der Waals surface area contributed by atoms with Crippen LogP contribution in [0.2, 0.25) is 0 Å². The van der Waals surface area contributed by atoms with E-state index >= 15 is 0 Å². The van der Waals surface area contributed by atoms with Crippen LogP contribution >= 0.6 is 0 Å². The van der Waals surface area contributed by atoms with E-state index in [-0.39, 0.29) is 23.4 Å². The average molecular weight is 423 g/mol. The Morgan fingerprint density at radius 1 is 0.933 bits per heavy atom. The summed E-state index contributed by atoms with van der Waals surface area (Å²) in [6, 6.07) is 23.0. The van der Waals surface area contributed by atoms with Gasteiger partial charge in [0.05, 0.1) is 16.6 Å². The Bertz CT molecular complexity index is 1110. The quantitative estimate of drug-likeness (QED) is 0.615. The molecule has 1 amide bonds. The number of nitrogens with zero attached hydrogens (tertiary/aromatic N) is 1. The largest absolute Gasteiger partial charge is 0.348 e. The van der Waals surface area contributed by atoms with Crippen LogP contribution in [0, 0.1) is 13.8 Å². The second-order valence-corrected chi connectivity index (χ2v) is 9.18. The van der Waals surface area contributed by atoms with Crippen molar-refractivity contribution in [2.75, 3.05) is 10.8 Å². The molecular weight excluding hydrogens is 396 g/mol. The minimum Gasteiger partial charge on any atom is -0.348 e. The van der Waals surface area contributed by atoms with Crippen LogP contribution in [-0.4, -0.2) is 20.9 Å². The van der Waals surface area contributed by atoms with Crippen molar-refractivity contribution in [2.24, 2.45) is 0 Å². The number of aryl methyl sites for hydroxylation is 2. The molecule has 6 heteroatoms. The van der Waals surface area contributed by atoms with Crippen molar-refractivity contribution in [3.63, 3.8) is 0 Å². The summed E-state index contributed by atoms with van der Waals surface area (Å²) in [6.45, 7) is 5.36. The maximum absolute atomic E-state index is 13.4. The number of hydrogen-bond donors (Lipinski definition) is 1. The standard InChI is InChI=1S/C24H26N2O3S/c1-18-14-15-23(19(2)16-18)26(30(28,29)22-12-8-5-9-13-22)17-24(27)25-20(3)21-10-6-4-7-11-21/h4-16,20H,17H2,1-3H3,(H,25,27)/t20-/m0/s1. The Morgan fingerprint density at radius 2 is 1.53 bits per heavy atom. The first kappa shape index (κ1) is 21.6. The predicted molar refractivity (Wildman–Crippen MR) is 120 cm³/mol. The molecule has 0 aromatic heterocycles. The van der Waals surface area contributed by atoms with Crippen LogP contribution in [0.1, 0.15) is 29.7 Å². The topological polar surface area (TPSA) is 66.5 Å². The highest BCUT2D eigenvalue weighted by Crippen LogP contribution is 2.27. The fraction of sp³-hybridized carbons (Fsp3) is 0.208. The molecule has 156 valence electrons. The van der Waals surface area contributed by atoms with Gasteiger partial charge in [-0.1, -0.05) is 66.2 Å². The Hall–Kier alpha value is -3.12. The molecule has 0 unspecified atom stereocenters. The number of nitrogens with one attached hydrogen (secondary N) is 1. The second-order valence-electron chi connectivity index (χ2n) is 7.31. The lowest BCUT2D eigenvalue weighted by Gasteiger charge is -2.26. The molecule has 0 fully saturated rings. The van der Waals surface area contributed by atoms with Gasteiger partial charge in [-0.2, -0.15) is 0 Å². The van der Waals surface area contributed by atoms with Crippen molar-refractivity contribution in [3.05, 3.63) is 95.6 Å². The summed E-state index contributed by atoms with van der Waals surface area (Å²) in [5, 5.41) is 2.91. The molecule has 0 saturated carbocycles. The molecule has 0 aliphatic heterocycles. The van der Waals surface area contributed by atoms with Crippen LogP contribution in [0.4, 0.5) is 5.69 Å². The number of hydrogen-bond acceptors (Lipinski definition) is 3. The molecule has 3 rings (SSSR count). The molecule has 0 heterocycles. The van der Waals surface area contributed by atoms with E-state index in [9.17, 15) is 13.2 Å². The molecule has 0 bridgehead atoms. The van der Waals surface area contributed by atoms with E-state index in [1.807, 2.05) is 63.2 Å². The van der Waals surface area contributed by atoms with E-state index in [1.165, 1.54) is 16.4 Å². The molecule has 3 aromatic rings. The highest BCUT2D eigenvalue weighted by atomic mass is 32.2. The molecule has 0 radical (unpaired) electrons. The van der Waals surface area contributed by atoms with Gasteiger partial charge < -0.3 is 5.32 Å². The van der Waals surface area contributed by atoms with Gasteiger partial charge in [0, 0.05) is 0 Å². The summed E-state index contributed by atoms with van der Waals surface area (Å²) in [7, 11) is -3.91. The van der Waals surface area contributed by atoms with E-state index in [4.69, 9.17) is 0 Å². The van der Waals surface area contributed by atoms with Gasteiger partial charge in [-0.3, -0.25) is 9.10 Å². The Balaban J connectivity index is 1.93. The van der Waals surface area contributed by atoms with E-state index in [0.29, 0.717) is 5.69 Å². The molecule has 3 aromatic carbocycles. The maximum atomic E-state index is 13.4. The number of carbonyl (C=O) groups is 1. The van der Waals surface area contributed by atoms with Crippen LogP contribution in [0.25, 0.3) is 0 Å². The first-order chi connectivity index (χ1) is 14.3. The summed E-state index contributed by atoms with van der Waals surface area (Å²) < 4.78 is 28.0. The van der Waals surface area contributed by atoms with E-state index in [1.54, 1.807) is 24.3 Å². The molecule has 30 heavy (non-hydrogen) atoms. The Morgan fingerprint density at radius 3 is 2.13 bits per heavy atom. The van der Waals surface area contributed by atoms with Gasteiger partial charge >= 0.3 is 0 Å². The van der Waals surface area contributed by atoms with Crippen LogP contribution in [-0.2, 0) is 14.8 Å². The Labute approximate surface area is 178 Å². The molecule has 0 aliphatic rings. The van der Waals surface area contributed by atoms with Gasteiger partial charge in [0.15, 0.2) is 0 Å². The number of benzene rings is 3. The lowest BCUT2D eigenvalue weighted by atomic mass is 10.1. The van der Waals surface area contributed by atoms with Crippen LogP contribution in [0.5, 0.6) is 0 Å². The lowest BCUT2D eigenvalue weighted by Crippen LogP contribution is -2.41. The normalized spacial score (nSPS) is 12.2. The fourth-order valence-corrected chi connectivity index (χ4v) is 4.85. The van der Waals surface area contributed by atoms with Crippen molar-refractivity contribution in [1.82, 2.24) is 5.32 Å². The number of rotatable bonds is 7. The van der Waals surface area contributed by atoms with Gasteiger partial charge in [-0.25, -0.2) is 8.42 Å². The summed E-state index contributed by atoms with van der Waals surface area (Å²) in [4.78, 5) is 13.0. The van der Waals surface area contributed by atoms with Gasteiger partial charge in [-0.05, 0) is 50.1 Å². The number of amides is 1. The van der Waals surface area contributed by atoms with Crippen molar-refractivity contribution in [2.45, 2.75) is 31.7 Å². The highest BCUT2D eigenvalue weighted by Gasteiger charge is 2.28. The SMILES string of the molecule is Cc1ccc(N(CC(=O)N[C@@H](C)c2ccccc2)S(=O)(=O)c2ccccc2)c(C)c1. The first-order valence-corrected chi connectivity index (χ1v) is 11.2. The summed E-state index contributed by atoms with van der Waals surface area (Å²) >= 11 is 0. The maximum Gasteiger partial charge on any atom is 0.264 e. The van der Waals surface area contributed by atoms with Crippen molar-refractivity contribution < 1.29 is 13.2 Å². The summed E-state index contributed by atoms with van der Waals surface area (Å²) in [6.07, 6.45) is 0. The molecule has 0 spiro atoms. The molecule has 0 saturated heterocycles. The number of sulfonamides is 1. The third kappa shape index (κ3) is 4.89.